The van der Waals surface area contributed by atoms with Crippen LogP contribution < -0.4 is 4.90 Å². The SMILES string of the molecule is CC1CC(C)(C)c2cccc(N(C(=O)c3ccccn3)c3cccnc3Cl)c21. The third-order valence-electron chi connectivity index (χ3n) is 5.43. The smallest absolute Gasteiger partial charge is 0.272 e. The Kier molecular flexibility index (Phi) is 4.68. The van der Waals surface area contributed by atoms with E-state index >= 15 is 0 Å². The van der Waals surface area contributed by atoms with Crippen molar-refractivity contribution in [1.82, 2.24) is 9.97 Å². The predicted octanol–water partition coefficient (Wildman–Crippen LogP) is 5.89. The first-order chi connectivity index (χ1) is 13.4. The fourth-order valence-corrected chi connectivity index (χ4v) is 4.53. The molecule has 1 atom stereocenters. The van der Waals surface area contributed by atoms with E-state index in [0.717, 1.165) is 12.1 Å². The Balaban J connectivity index is 1.95. The molecule has 0 saturated heterocycles. The lowest BCUT2D eigenvalue weighted by atomic mass is 9.86. The van der Waals surface area contributed by atoms with Gasteiger partial charge in [0.15, 0.2) is 5.15 Å². The number of fused-ring (bicyclic) bond motifs is 1. The average Bonchev–Trinajstić information content (AvgIpc) is 2.93. The highest BCUT2D eigenvalue weighted by molar-refractivity contribution is 6.33. The number of hydrogen-bond donors (Lipinski definition) is 0. The van der Waals surface area contributed by atoms with Gasteiger partial charge >= 0.3 is 0 Å². The molecule has 0 N–H and O–H groups in total. The van der Waals surface area contributed by atoms with Gasteiger partial charge in [0.1, 0.15) is 5.69 Å². The summed E-state index contributed by atoms with van der Waals surface area (Å²) in [5, 5.41) is 0.286. The van der Waals surface area contributed by atoms with Gasteiger partial charge in [-0.3, -0.25) is 14.7 Å². The maximum Gasteiger partial charge on any atom is 0.281 e. The number of anilines is 2. The van der Waals surface area contributed by atoms with Gasteiger partial charge in [0.25, 0.3) is 5.91 Å². The van der Waals surface area contributed by atoms with Crippen LogP contribution in [-0.2, 0) is 5.41 Å². The van der Waals surface area contributed by atoms with Crippen LogP contribution in [0, 0.1) is 0 Å². The summed E-state index contributed by atoms with van der Waals surface area (Å²) in [5.74, 6) is 0.108. The molecule has 1 aromatic carbocycles. The molecule has 28 heavy (non-hydrogen) atoms. The molecule has 0 radical (unpaired) electrons. The van der Waals surface area contributed by atoms with E-state index in [1.165, 1.54) is 11.1 Å². The summed E-state index contributed by atoms with van der Waals surface area (Å²) in [4.78, 5) is 23.7. The first-order valence-corrected chi connectivity index (χ1v) is 9.77. The van der Waals surface area contributed by atoms with Crippen molar-refractivity contribution < 1.29 is 4.79 Å². The number of benzene rings is 1. The highest BCUT2D eigenvalue weighted by Gasteiger charge is 2.38. The fraction of sp³-hybridized carbons (Fsp3) is 0.261. The molecule has 1 unspecified atom stereocenters. The highest BCUT2D eigenvalue weighted by atomic mass is 35.5. The molecule has 142 valence electrons. The van der Waals surface area contributed by atoms with E-state index in [4.69, 9.17) is 11.6 Å². The topological polar surface area (TPSA) is 46.1 Å². The van der Waals surface area contributed by atoms with Gasteiger partial charge < -0.3 is 0 Å². The van der Waals surface area contributed by atoms with Gasteiger partial charge in [0.05, 0.1) is 11.4 Å². The summed E-state index contributed by atoms with van der Waals surface area (Å²) in [5.41, 5.74) is 4.30. The summed E-state index contributed by atoms with van der Waals surface area (Å²) in [6.45, 7) is 6.72. The number of pyridine rings is 2. The molecule has 4 rings (SSSR count). The summed E-state index contributed by atoms with van der Waals surface area (Å²) >= 11 is 6.42. The Morgan fingerprint density at radius 3 is 2.50 bits per heavy atom. The lowest BCUT2D eigenvalue weighted by Gasteiger charge is -2.27. The van der Waals surface area contributed by atoms with Crippen molar-refractivity contribution >= 4 is 28.9 Å². The molecule has 0 fully saturated rings. The first kappa shape index (κ1) is 18.6. The molecule has 0 saturated carbocycles. The largest absolute Gasteiger partial charge is 0.281 e. The lowest BCUT2D eigenvalue weighted by Crippen LogP contribution is -2.28. The van der Waals surface area contributed by atoms with Crippen LogP contribution in [0.2, 0.25) is 5.15 Å². The summed E-state index contributed by atoms with van der Waals surface area (Å²) < 4.78 is 0. The molecule has 3 aromatic rings. The maximum absolute atomic E-state index is 13.5. The van der Waals surface area contributed by atoms with Crippen molar-refractivity contribution in [3.8, 4) is 0 Å². The molecule has 2 heterocycles. The molecule has 4 nitrogen and oxygen atoms in total. The van der Waals surface area contributed by atoms with Gasteiger partial charge in [-0.15, -0.1) is 0 Å². The molecule has 5 heteroatoms. The molecule has 0 bridgehead atoms. The van der Waals surface area contributed by atoms with Crippen LogP contribution in [-0.4, -0.2) is 15.9 Å². The van der Waals surface area contributed by atoms with E-state index in [1.54, 1.807) is 35.5 Å². The molecule has 0 spiro atoms. The number of nitrogens with zero attached hydrogens (tertiary/aromatic N) is 3. The van der Waals surface area contributed by atoms with E-state index < -0.39 is 0 Å². The van der Waals surface area contributed by atoms with Crippen molar-refractivity contribution in [3.63, 3.8) is 0 Å². The molecule has 1 aliphatic rings. The number of rotatable bonds is 3. The van der Waals surface area contributed by atoms with E-state index in [1.807, 2.05) is 24.3 Å². The van der Waals surface area contributed by atoms with Crippen molar-refractivity contribution in [3.05, 3.63) is 82.9 Å². The monoisotopic (exact) mass is 391 g/mol. The predicted molar refractivity (Wildman–Crippen MR) is 112 cm³/mol. The second-order valence-corrected chi connectivity index (χ2v) is 8.25. The van der Waals surface area contributed by atoms with Crippen LogP contribution in [0.15, 0.2) is 60.9 Å². The molecular weight excluding hydrogens is 370 g/mol. The minimum Gasteiger partial charge on any atom is -0.272 e. The van der Waals surface area contributed by atoms with Crippen LogP contribution in [0.3, 0.4) is 0 Å². The number of aromatic nitrogens is 2. The molecule has 1 amide bonds. The minimum absolute atomic E-state index is 0.0587. The molecule has 1 aliphatic carbocycles. The van der Waals surface area contributed by atoms with E-state index in [-0.39, 0.29) is 16.5 Å². The number of carbonyl (C=O) groups is 1. The Morgan fingerprint density at radius 1 is 1.04 bits per heavy atom. The zero-order valence-electron chi connectivity index (χ0n) is 16.2. The second-order valence-electron chi connectivity index (χ2n) is 7.90. The summed E-state index contributed by atoms with van der Waals surface area (Å²) in [6.07, 6.45) is 4.28. The van der Waals surface area contributed by atoms with Crippen LogP contribution in [0.4, 0.5) is 11.4 Å². The summed E-state index contributed by atoms with van der Waals surface area (Å²) in [6, 6.07) is 15.1. The number of amides is 1. The first-order valence-electron chi connectivity index (χ1n) is 9.39. The number of carbonyl (C=O) groups excluding carboxylic acids is 1. The normalized spacial score (nSPS) is 17.2. The Hall–Kier alpha value is -2.72. The zero-order chi connectivity index (χ0) is 19.9. The van der Waals surface area contributed by atoms with Crippen molar-refractivity contribution in [2.75, 3.05) is 4.90 Å². The van der Waals surface area contributed by atoms with E-state index in [9.17, 15) is 4.79 Å². The van der Waals surface area contributed by atoms with Gasteiger partial charge in [-0.1, -0.05) is 50.6 Å². The van der Waals surface area contributed by atoms with Crippen molar-refractivity contribution in [1.29, 1.82) is 0 Å². The van der Waals surface area contributed by atoms with Gasteiger partial charge in [0, 0.05) is 12.4 Å². The van der Waals surface area contributed by atoms with E-state index in [0.29, 0.717) is 17.3 Å². The fourth-order valence-electron chi connectivity index (χ4n) is 4.33. The maximum atomic E-state index is 13.5. The standard InChI is InChI=1S/C23H22ClN3O/c1-15-14-23(2,3)16-8-6-10-18(20(15)16)27(19-11-7-13-26-21(19)24)22(28)17-9-4-5-12-25-17/h4-13,15H,14H2,1-3H3. The highest BCUT2D eigenvalue weighted by Crippen LogP contribution is 2.50. The van der Waals surface area contributed by atoms with Crippen LogP contribution in [0.1, 0.15) is 54.7 Å². The quantitative estimate of drug-likeness (QED) is 0.522. The van der Waals surface area contributed by atoms with Crippen molar-refractivity contribution in [2.45, 2.75) is 38.5 Å². The Morgan fingerprint density at radius 2 is 1.79 bits per heavy atom. The second kappa shape index (κ2) is 7.02. The zero-order valence-corrected chi connectivity index (χ0v) is 16.9. The third kappa shape index (κ3) is 3.08. The number of halogens is 1. The van der Waals surface area contributed by atoms with Gasteiger partial charge in [0.2, 0.25) is 0 Å². The minimum atomic E-state index is -0.221. The van der Waals surface area contributed by atoms with Gasteiger partial charge in [-0.2, -0.15) is 0 Å². The Labute approximate surface area is 170 Å². The molecule has 0 aliphatic heterocycles. The Bertz CT molecular complexity index is 1030. The van der Waals surface area contributed by atoms with Gasteiger partial charge in [-0.05, 0) is 59.2 Å². The lowest BCUT2D eigenvalue weighted by molar-refractivity contribution is 0.0994. The van der Waals surface area contributed by atoms with E-state index in [2.05, 4.69) is 36.8 Å². The molecule has 2 aromatic heterocycles. The third-order valence-corrected chi connectivity index (χ3v) is 5.72. The van der Waals surface area contributed by atoms with Crippen LogP contribution in [0.25, 0.3) is 0 Å². The summed E-state index contributed by atoms with van der Waals surface area (Å²) in [7, 11) is 0. The van der Waals surface area contributed by atoms with Gasteiger partial charge in [-0.25, -0.2) is 4.98 Å². The van der Waals surface area contributed by atoms with Crippen LogP contribution >= 0.6 is 11.6 Å². The van der Waals surface area contributed by atoms with Crippen LogP contribution in [0.5, 0.6) is 0 Å². The average molecular weight is 392 g/mol. The van der Waals surface area contributed by atoms with Crippen molar-refractivity contribution in [2.24, 2.45) is 0 Å². The molecular formula is C23H22ClN3O. The number of hydrogen-bond acceptors (Lipinski definition) is 3.